The molecule has 6 nitrogen and oxygen atoms in total. The molecule has 0 saturated carbocycles. The van der Waals surface area contributed by atoms with Gasteiger partial charge in [0.05, 0.1) is 4.90 Å². The quantitative estimate of drug-likeness (QED) is 0.797. The molecule has 1 atom stereocenters. The van der Waals surface area contributed by atoms with Crippen molar-refractivity contribution in [3.63, 3.8) is 0 Å². The van der Waals surface area contributed by atoms with Gasteiger partial charge in [-0.1, -0.05) is 32.9 Å². The molecular weight excluding hydrogens is 398 g/mol. The highest BCUT2D eigenvalue weighted by molar-refractivity contribution is 7.89. The van der Waals surface area contributed by atoms with Gasteiger partial charge in [-0.3, -0.25) is 4.79 Å². The topological polar surface area (TPSA) is 69.7 Å². The third-order valence-electron chi connectivity index (χ3n) is 5.53. The molecule has 8 heteroatoms. The van der Waals surface area contributed by atoms with Crippen LogP contribution in [0.2, 0.25) is 0 Å². The minimum absolute atomic E-state index is 0. The zero-order chi connectivity index (χ0) is 19.7. The standard InChI is InChI=1S/C20H31N3O3S.ClH/c1-20(2,3)16-6-8-18(9-7-16)27(25,26)23-13-11-22(12-14-23)19(24)15-17-5-4-10-21-17;/h6-9,17,21H,4-5,10-15H2,1-3H3;1H. The van der Waals surface area contributed by atoms with Gasteiger partial charge in [0.25, 0.3) is 0 Å². The molecule has 1 N–H and O–H groups in total. The second kappa shape index (κ2) is 9.11. The highest BCUT2D eigenvalue weighted by Gasteiger charge is 2.31. The first-order valence-corrected chi connectivity index (χ1v) is 11.2. The van der Waals surface area contributed by atoms with Crippen LogP contribution in [0.3, 0.4) is 0 Å². The lowest BCUT2D eigenvalue weighted by Crippen LogP contribution is -2.51. The predicted octanol–water partition coefficient (Wildman–Crippen LogP) is 2.38. The molecule has 0 radical (unpaired) electrons. The number of carbonyl (C=O) groups excluding carboxylic acids is 1. The maximum Gasteiger partial charge on any atom is 0.243 e. The van der Waals surface area contributed by atoms with E-state index in [9.17, 15) is 13.2 Å². The third-order valence-corrected chi connectivity index (χ3v) is 7.45. The Balaban J connectivity index is 0.00000280. The largest absolute Gasteiger partial charge is 0.340 e. The first kappa shape index (κ1) is 23.1. The fourth-order valence-corrected chi connectivity index (χ4v) is 5.15. The average Bonchev–Trinajstić information content (AvgIpc) is 3.14. The molecule has 0 aromatic heterocycles. The Bertz CT molecular complexity index is 761. The van der Waals surface area contributed by atoms with E-state index in [0.717, 1.165) is 24.9 Å². The molecule has 2 fully saturated rings. The van der Waals surface area contributed by atoms with Crippen LogP contribution >= 0.6 is 12.4 Å². The normalized spacial score (nSPS) is 21.4. The first-order valence-electron chi connectivity index (χ1n) is 9.80. The number of benzene rings is 1. The van der Waals surface area contributed by atoms with Gasteiger partial charge in [-0.15, -0.1) is 12.4 Å². The van der Waals surface area contributed by atoms with E-state index in [1.807, 2.05) is 12.1 Å². The maximum atomic E-state index is 12.9. The zero-order valence-corrected chi connectivity index (χ0v) is 18.6. The van der Waals surface area contributed by atoms with Crippen molar-refractivity contribution in [1.82, 2.24) is 14.5 Å². The van der Waals surface area contributed by atoms with Crippen LogP contribution in [0, 0.1) is 0 Å². The number of hydrogen-bond donors (Lipinski definition) is 1. The van der Waals surface area contributed by atoms with Crippen LogP contribution < -0.4 is 5.32 Å². The van der Waals surface area contributed by atoms with Gasteiger partial charge >= 0.3 is 0 Å². The first-order chi connectivity index (χ1) is 12.7. The van der Waals surface area contributed by atoms with Gasteiger partial charge in [0.15, 0.2) is 0 Å². The number of halogens is 1. The Morgan fingerprint density at radius 3 is 2.21 bits per heavy atom. The van der Waals surface area contributed by atoms with Crippen LogP contribution in [0.25, 0.3) is 0 Å². The molecule has 2 saturated heterocycles. The summed E-state index contributed by atoms with van der Waals surface area (Å²) >= 11 is 0. The molecule has 2 aliphatic heterocycles. The molecule has 0 spiro atoms. The van der Waals surface area contributed by atoms with Gasteiger partial charge in [-0.25, -0.2) is 8.42 Å². The monoisotopic (exact) mass is 429 g/mol. The molecule has 158 valence electrons. The van der Waals surface area contributed by atoms with E-state index in [1.165, 1.54) is 4.31 Å². The molecule has 28 heavy (non-hydrogen) atoms. The van der Waals surface area contributed by atoms with E-state index in [1.54, 1.807) is 17.0 Å². The second-order valence-electron chi connectivity index (χ2n) is 8.56. The number of nitrogens with zero attached hydrogens (tertiary/aromatic N) is 2. The minimum atomic E-state index is -3.51. The Labute approximate surface area is 175 Å². The third kappa shape index (κ3) is 5.26. The number of nitrogens with one attached hydrogen (secondary N) is 1. The van der Waals surface area contributed by atoms with Crippen molar-refractivity contribution in [2.75, 3.05) is 32.7 Å². The fourth-order valence-electron chi connectivity index (χ4n) is 3.72. The molecule has 0 bridgehead atoms. The van der Waals surface area contributed by atoms with Gasteiger partial charge in [-0.05, 0) is 42.5 Å². The Morgan fingerprint density at radius 1 is 1.11 bits per heavy atom. The van der Waals surface area contributed by atoms with E-state index in [0.29, 0.717) is 37.5 Å². The van der Waals surface area contributed by atoms with Crippen LogP contribution in [-0.2, 0) is 20.2 Å². The molecule has 1 unspecified atom stereocenters. The second-order valence-corrected chi connectivity index (χ2v) is 10.5. The summed E-state index contributed by atoms with van der Waals surface area (Å²) in [6, 6.07) is 7.45. The van der Waals surface area contributed by atoms with Crippen LogP contribution in [0.4, 0.5) is 0 Å². The van der Waals surface area contributed by atoms with E-state index >= 15 is 0 Å². The fraction of sp³-hybridized carbons (Fsp3) is 0.650. The minimum Gasteiger partial charge on any atom is -0.340 e. The Hall–Kier alpha value is -1.15. The number of piperazine rings is 1. The lowest BCUT2D eigenvalue weighted by molar-refractivity contribution is -0.132. The van der Waals surface area contributed by atoms with Crippen LogP contribution in [0.5, 0.6) is 0 Å². The highest BCUT2D eigenvalue weighted by atomic mass is 35.5. The van der Waals surface area contributed by atoms with Gasteiger partial charge < -0.3 is 10.2 Å². The molecule has 2 aliphatic rings. The van der Waals surface area contributed by atoms with Gasteiger partial charge in [0.2, 0.25) is 15.9 Å². The van der Waals surface area contributed by atoms with Gasteiger partial charge in [-0.2, -0.15) is 4.31 Å². The molecule has 0 aliphatic carbocycles. The molecule has 1 aromatic carbocycles. The number of carbonyl (C=O) groups is 1. The molecule has 2 heterocycles. The number of sulfonamides is 1. The summed E-state index contributed by atoms with van der Waals surface area (Å²) in [6.45, 7) is 8.93. The molecular formula is C20H32ClN3O3S. The van der Waals surface area contributed by atoms with Crippen molar-refractivity contribution in [3.05, 3.63) is 29.8 Å². The highest BCUT2D eigenvalue weighted by Crippen LogP contribution is 2.25. The van der Waals surface area contributed by atoms with Crippen molar-refractivity contribution in [1.29, 1.82) is 0 Å². The summed E-state index contributed by atoms with van der Waals surface area (Å²) in [6.07, 6.45) is 2.68. The molecule has 1 aromatic rings. The van der Waals surface area contributed by atoms with E-state index < -0.39 is 10.0 Å². The molecule has 3 rings (SSSR count). The van der Waals surface area contributed by atoms with Crippen LogP contribution in [0.1, 0.15) is 45.6 Å². The number of rotatable bonds is 4. The van der Waals surface area contributed by atoms with E-state index in [-0.39, 0.29) is 29.8 Å². The number of hydrogen-bond acceptors (Lipinski definition) is 4. The summed E-state index contributed by atoms with van der Waals surface area (Å²) < 4.78 is 27.3. The summed E-state index contributed by atoms with van der Waals surface area (Å²) in [7, 11) is -3.51. The van der Waals surface area contributed by atoms with Gasteiger partial charge in [0.1, 0.15) is 0 Å². The Kier molecular flexibility index (Phi) is 7.53. The number of amides is 1. The lowest BCUT2D eigenvalue weighted by Gasteiger charge is -2.34. The van der Waals surface area contributed by atoms with Crippen molar-refractivity contribution in [3.8, 4) is 0 Å². The SMILES string of the molecule is CC(C)(C)c1ccc(S(=O)(=O)N2CCN(C(=O)CC3CCCN3)CC2)cc1.Cl. The van der Waals surface area contributed by atoms with Crippen LogP contribution in [0.15, 0.2) is 29.2 Å². The van der Waals surface area contributed by atoms with Crippen molar-refractivity contribution >= 4 is 28.3 Å². The van der Waals surface area contributed by atoms with Crippen molar-refractivity contribution in [2.24, 2.45) is 0 Å². The predicted molar refractivity (Wildman–Crippen MR) is 113 cm³/mol. The van der Waals surface area contributed by atoms with E-state index in [4.69, 9.17) is 0 Å². The maximum absolute atomic E-state index is 12.9. The summed E-state index contributed by atoms with van der Waals surface area (Å²) in [5.74, 6) is 0.126. The van der Waals surface area contributed by atoms with Gasteiger partial charge in [0, 0.05) is 38.6 Å². The van der Waals surface area contributed by atoms with Crippen LogP contribution in [-0.4, -0.2) is 62.3 Å². The summed E-state index contributed by atoms with van der Waals surface area (Å²) in [5, 5.41) is 3.34. The summed E-state index contributed by atoms with van der Waals surface area (Å²) in [4.78, 5) is 14.6. The Morgan fingerprint density at radius 2 is 1.71 bits per heavy atom. The molecule has 1 amide bonds. The lowest BCUT2D eigenvalue weighted by atomic mass is 9.87. The zero-order valence-electron chi connectivity index (χ0n) is 17.0. The van der Waals surface area contributed by atoms with Crippen molar-refractivity contribution in [2.45, 2.75) is 56.4 Å². The average molecular weight is 430 g/mol. The van der Waals surface area contributed by atoms with E-state index in [2.05, 4.69) is 26.1 Å². The summed E-state index contributed by atoms with van der Waals surface area (Å²) in [5.41, 5.74) is 1.10. The smallest absolute Gasteiger partial charge is 0.243 e. The van der Waals surface area contributed by atoms with Crippen molar-refractivity contribution < 1.29 is 13.2 Å².